The molecule has 0 bridgehead atoms. The molecule has 0 amide bonds. The van der Waals surface area contributed by atoms with Crippen LogP contribution in [0.25, 0.3) is 0 Å². The van der Waals surface area contributed by atoms with Crippen LogP contribution in [0.2, 0.25) is 0 Å². The van der Waals surface area contributed by atoms with Crippen LogP contribution >= 0.6 is 0 Å². The molecule has 0 aliphatic carbocycles. The topological polar surface area (TPSA) is 52.0 Å². The van der Waals surface area contributed by atoms with Gasteiger partial charge >= 0.3 is 12.1 Å². The second kappa shape index (κ2) is 5.36. The van der Waals surface area contributed by atoms with Gasteiger partial charge in [-0.2, -0.15) is 22.0 Å². The maximum atomic E-state index is 14.8. The molecule has 2 aromatic carbocycles. The Morgan fingerprint density at radius 3 is 1.26 bits per heavy atom. The summed E-state index contributed by atoms with van der Waals surface area (Å²) < 4.78 is 83.4. The molecule has 0 aromatic heterocycles. The summed E-state index contributed by atoms with van der Waals surface area (Å²) in [6, 6.07) is 6.30. The van der Waals surface area contributed by atoms with Crippen molar-refractivity contribution in [2.45, 2.75) is 17.8 Å². The molecule has 0 heterocycles. The van der Waals surface area contributed by atoms with E-state index < -0.39 is 28.9 Å². The van der Waals surface area contributed by atoms with Gasteiger partial charge in [-0.1, -0.05) is 24.3 Å². The molecule has 0 saturated carbocycles. The van der Waals surface area contributed by atoms with Crippen molar-refractivity contribution in [2.75, 3.05) is 11.5 Å². The van der Waals surface area contributed by atoms with Crippen LogP contribution in [-0.4, -0.2) is 6.18 Å². The highest BCUT2D eigenvalue weighted by molar-refractivity contribution is 5.45. The maximum absolute atomic E-state index is 14.8. The minimum atomic E-state index is -5.85. The van der Waals surface area contributed by atoms with Gasteiger partial charge in [0.25, 0.3) is 5.67 Å². The monoisotopic (exact) mass is 334 g/mol. The fourth-order valence-electron chi connectivity index (χ4n) is 2.13. The Kier molecular flexibility index (Phi) is 3.96. The zero-order valence-electron chi connectivity index (χ0n) is 11.5. The normalized spacial score (nSPS) is 15.2. The van der Waals surface area contributed by atoms with E-state index in [1.165, 1.54) is 0 Å². The van der Waals surface area contributed by atoms with Crippen molar-refractivity contribution in [1.82, 2.24) is 0 Å². The maximum Gasteiger partial charge on any atom is 0.433 e. The second-order valence-electron chi connectivity index (χ2n) is 4.97. The molecule has 2 nitrogen and oxygen atoms in total. The first-order chi connectivity index (χ1) is 10.5. The van der Waals surface area contributed by atoms with Gasteiger partial charge in [0.1, 0.15) is 0 Å². The predicted octanol–water partition coefficient (Wildman–Crippen LogP) is 4.37. The summed E-state index contributed by atoms with van der Waals surface area (Å²) in [7, 11) is 0. The summed E-state index contributed by atoms with van der Waals surface area (Å²) in [5, 5.41) is 0. The van der Waals surface area contributed by atoms with Crippen LogP contribution in [0, 0.1) is 0 Å². The van der Waals surface area contributed by atoms with E-state index in [0.29, 0.717) is 24.3 Å². The van der Waals surface area contributed by atoms with Crippen LogP contribution < -0.4 is 11.5 Å². The van der Waals surface area contributed by atoms with Gasteiger partial charge in [0.15, 0.2) is 0 Å². The lowest BCUT2D eigenvalue weighted by atomic mass is 9.84. The summed E-state index contributed by atoms with van der Waals surface area (Å²) in [5.41, 5.74) is 3.43. The standard InChI is InChI=1S/C15H12F6N2/c16-13(15(19,20)21,9-1-5-11(22)6-2-9)14(17,18)10-3-7-12(23)8-4-10/h1-8H,22-23H2. The van der Waals surface area contributed by atoms with Gasteiger partial charge in [-0.3, -0.25) is 0 Å². The van der Waals surface area contributed by atoms with Gasteiger partial charge in [0.2, 0.25) is 0 Å². The third-order valence-electron chi connectivity index (χ3n) is 3.40. The van der Waals surface area contributed by atoms with Crippen molar-refractivity contribution in [3.8, 4) is 0 Å². The van der Waals surface area contributed by atoms with E-state index in [1.807, 2.05) is 0 Å². The van der Waals surface area contributed by atoms with Crippen molar-refractivity contribution < 1.29 is 26.3 Å². The van der Waals surface area contributed by atoms with Gasteiger partial charge in [0, 0.05) is 22.5 Å². The second-order valence-corrected chi connectivity index (χ2v) is 4.97. The third kappa shape index (κ3) is 2.69. The van der Waals surface area contributed by atoms with Crippen molar-refractivity contribution in [3.63, 3.8) is 0 Å². The van der Waals surface area contributed by atoms with Crippen LogP contribution in [0.15, 0.2) is 48.5 Å². The number of alkyl halides is 6. The zero-order valence-corrected chi connectivity index (χ0v) is 11.5. The predicted molar refractivity (Wildman–Crippen MR) is 74.4 cm³/mol. The van der Waals surface area contributed by atoms with Gasteiger partial charge < -0.3 is 11.5 Å². The fraction of sp³-hybridized carbons (Fsp3) is 0.200. The molecule has 1 unspecified atom stereocenters. The molecule has 0 spiro atoms. The molecule has 0 saturated heterocycles. The van der Waals surface area contributed by atoms with Gasteiger partial charge in [-0.15, -0.1) is 0 Å². The lowest BCUT2D eigenvalue weighted by Crippen LogP contribution is -2.51. The molecular weight excluding hydrogens is 322 g/mol. The molecule has 23 heavy (non-hydrogen) atoms. The minimum Gasteiger partial charge on any atom is -0.399 e. The summed E-state index contributed by atoms with van der Waals surface area (Å²) in [6.07, 6.45) is -5.85. The Hall–Kier alpha value is -2.38. The van der Waals surface area contributed by atoms with Gasteiger partial charge in [-0.05, 0) is 24.3 Å². The Labute approximate surface area is 127 Å². The Morgan fingerprint density at radius 2 is 0.913 bits per heavy atom. The van der Waals surface area contributed by atoms with Crippen molar-refractivity contribution in [3.05, 3.63) is 59.7 Å². The van der Waals surface area contributed by atoms with Crippen molar-refractivity contribution in [1.29, 1.82) is 0 Å². The number of benzene rings is 2. The van der Waals surface area contributed by atoms with E-state index >= 15 is 0 Å². The SMILES string of the molecule is Nc1ccc(C(F)(F)C(F)(c2ccc(N)cc2)C(F)(F)F)cc1. The quantitative estimate of drug-likeness (QED) is 0.647. The molecule has 0 fully saturated rings. The minimum absolute atomic E-state index is 0.0223. The lowest BCUT2D eigenvalue weighted by Gasteiger charge is -2.35. The number of hydrogen-bond acceptors (Lipinski definition) is 2. The molecule has 0 aliphatic heterocycles. The largest absolute Gasteiger partial charge is 0.433 e. The summed E-state index contributed by atoms with van der Waals surface area (Å²) >= 11 is 0. The van der Waals surface area contributed by atoms with Crippen LogP contribution in [0.1, 0.15) is 11.1 Å². The summed E-state index contributed by atoms with van der Waals surface area (Å²) in [4.78, 5) is 0. The number of halogens is 6. The molecule has 4 N–H and O–H groups in total. The van der Waals surface area contributed by atoms with Crippen LogP contribution in [0.3, 0.4) is 0 Å². The summed E-state index contributed by atoms with van der Waals surface area (Å²) in [6.45, 7) is 0. The highest BCUT2D eigenvalue weighted by Crippen LogP contribution is 2.57. The Morgan fingerprint density at radius 1 is 0.565 bits per heavy atom. The molecule has 1 atom stereocenters. The van der Waals surface area contributed by atoms with Gasteiger partial charge in [-0.25, -0.2) is 4.39 Å². The van der Waals surface area contributed by atoms with Crippen molar-refractivity contribution >= 4 is 11.4 Å². The Bertz CT molecular complexity index is 679. The van der Waals surface area contributed by atoms with Crippen LogP contribution in [-0.2, 0) is 11.6 Å². The molecular formula is C15H12F6N2. The average molecular weight is 334 g/mol. The van der Waals surface area contributed by atoms with E-state index in [0.717, 1.165) is 24.3 Å². The third-order valence-corrected chi connectivity index (χ3v) is 3.40. The molecule has 0 radical (unpaired) electrons. The highest BCUT2D eigenvalue weighted by Gasteiger charge is 2.72. The molecule has 124 valence electrons. The number of anilines is 2. The first kappa shape index (κ1) is 17.0. The molecule has 0 aliphatic rings. The molecule has 2 rings (SSSR count). The van der Waals surface area contributed by atoms with E-state index in [4.69, 9.17) is 11.5 Å². The number of nitrogen functional groups attached to an aromatic ring is 2. The average Bonchev–Trinajstić information content (AvgIpc) is 2.46. The first-order valence-electron chi connectivity index (χ1n) is 6.35. The van der Waals surface area contributed by atoms with E-state index in [-0.39, 0.29) is 11.4 Å². The smallest absolute Gasteiger partial charge is 0.399 e. The van der Waals surface area contributed by atoms with E-state index in [1.54, 1.807) is 0 Å². The zero-order chi connectivity index (χ0) is 17.5. The lowest BCUT2D eigenvalue weighted by molar-refractivity contribution is -0.314. The van der Waals surface area contributed by atoms with Crippen LogP contribution in [0.5, 0.6) is 0 Å². The molecule has 2 aromatic rings. The number of rotatable bonds is 3. The Balaban J connectivity index is 2.66. The van der Waals surface area contributed by atoms with E-state index in [9.17, 15) is 26.3 Å². The number of nitrogens with two attached hydrogens (primary N) is 2. The fourth-order valence-corrected chi connectivity index (χ4v) is 2.13. The summed E-state index contributed by atoms with van der Waals surface area (Å²) in [5.74, 6) is -4.87. The van der Waals surface area contributed by atoms with E-state index in [2.05, 4.69) is 0 Å². The molecule has 8 heteroatoms. The van der Waals surface area contributed by atoms with Crippen molar-refractivity contribution in [2.24, 2.45) is 0 Å². The van der Waals surface area contributed by atoms with Crippen LogP contribution in [0.4, 0.5) is 37.7 Å². The first-order valence-corrected chi connectivity index (χ1v) is 6.35. The van der Waals surface area contributed by atoms with Gasteiger partial charge in [0.05, 0.1) is 0 Å². The highest BCUT2D eigenvalue weighted by atomic mass is 19.4. The number of hydrogen-bond donors (Lipinski definition) is 2.